The van der Waals surface area contributed by atoms with Gasteiger partial charge in [0, 0.05) is 21.7 Å². The Balaban J connectivity index is 1.95. The molecule has 2 aromatic rings. The lowest BCUT2D eigenvalue weighted by molar-refractivity contribution is -0.119. The number of amides is 1. The fraction of sp³-hybridized carbons (Fsp3) is 0.400. The minimum atomic E-state index is 0.155. The molecule has 0 aliphatic carbocycles. The molecular weight excluding hydrogens is 379 g/mol. The first-order valence-electron chi connectivity index (χ1n) is 7.03. The van der Waals surface area contributed by atoms with E-state index in [0.29, 0.717) is 13.0 Å². The molecule has 0 saturated heterocycles. The average molecular weight is 396 g/mol. The van der Waals surface area contributed by atoms with Crippen molar-refractivity contribution < 1.29 is 4.79 Å². The van der Waals surface area contributed by atoms with Gasteiger partial charge in [-0.3, -0.25) is 4.79 Å². The van der Waals surface area contributed by atoms with Crippen LogP contribution >= 0.6 is 22.6 Å². The smallest absolute Gasteiger partial charge is 0.227 e. The number of hydrogen-bond acceptors (Lipinski definition) is 3. The van der Waals surface area contributed by atoms with E-state index in [9.17, 15) is 4.79 Å². The summed E-state index contributed by atoms with van der Waals surface area (Å²) >= 11 is 2.30. The Bertz CT molecular complexity index is 680. The van der Waals surface area contributed by atoms with Crippen molar-refractivity contribution in [1.82, 2.24) is 14.8 Å². The summed E-state index contributed by atoms with van der Waals surface area (Å²) in [5.74, 6) is 0.978. The Morgan fingerprint density at radius 3 is 2.90 bits per heavy atom. The number of carbonyl (C=O) groups is 1. The molecule has 21 heavy (non-hydrogen) atoms. The van der Waals surface area contributed by atoms with Crippen molar-refractivity contribution in [2.45, 2.75) is 39.3 Å². The van der Waals surface area contributed by atoms with Gasteiger partial charge in [-0.1, -0.05) is 0 Å². The summed E-state index contributed by atoms with van der Waals surface area (Å²) in [5.41, 5.74) is 2.24. The van der Waals surface area contributed by atoms with Gasteiger partial charge in [0.15, 0.2) is 0 Å². The van der Waals surface area contributed by atoms with Crippen molar-refractivity contribution in [3.63, 3.8) is 0 Å². The molecule has 0 fully saturated rings. The van der Waals surface area contributed by atoms with E-state index in [2.05, 4.69) is 52.6 Å². The molecule has 0 saturated carbocycles. The van der Waals surface area contributed by atoms with Crippen molar-refractivity contribution in [3.05, 3.63) is 39.5 Å². The van der Waals surface area contributed by atoms with Gasteiger partial charge < -0.3 is 4.90 Å². The number of aryl methyl sites for hydroxylation is 1. The van der Waals surface area contributed by atoms with E-state index in [1.807, 2.05) is 21.7 Å². The minimum absolute atomic E-state index is 0.155. The molecule has 1 aromatic heterocycles. The van der Waals surface area contributed by atoms with Crippen LogP contribution in [0.3, 0.4) is 0 Å². The molecule has 110 valence electrons. The number of anilines is 1. The first-order chi connectivity index (χ1) is 10.1. The predicted octanol–water partition coefficient (Wildman–Crippen LogP) is 2.94. The summed E-state index contributed by atoms with van der Waals surface area (Å²) in [6.45, 7) is 4.60. The zero-order valence-corrected chi connectivity index (χ0v) is 14.2. The zero-order chi connectivity index (χ0) is 15.0. The minimum Gasteiger partial charge on any atom is -0.305 e. The number of halogens is 1. The highest BCUT2D eigenvalue weighted by molar-refractivity contribution is 14.1. The monoisotopic (exact) mass is 396 g/mol. The second-order valence-corrected chi connectivity index (χ2v) is 6.71. The van der Waals surface area contributed by atoms with Gasteiger partial charge in [0.25, 0.3) is 0 Å². The molecule has 6 heteroatoms. The number of fused-ring (bicyclic) bond motifs is 1. The summed E-state index contributed by atoms with van der Waals surface area (Å²) in [7, 11) is 0. The van der Waals surface area contributed by atoms with Crippen LogP contribution in [0.1, 0.15) is 37.7 Å². The molecule has 0 unspecified atom stereocenters. The van der Waals surface area contributed by atoms with Crippen LogP contribution in [0.5, 0.6) is 0 Å². The Hall–Kier alpha value is -1.44. The predicted molar refractivity (Wildman–Crippen MR) is 89.1 cm³/mol. The van der Waals surface area contributed by atoms with Crippen LogP contribution in [0.15, 0.2) is 24.5 Å². The summed E-state index contributed by atoms with van der Waals surface area (Å²) in [4.78, 5) is 18.5. The number of benzene rings is 1. The molecule has 1 aromatic carbocycles. The van der Waals surface area contributed by atoms with Crippen molar-refractivity contribution >= 4 is 34.2 Å². The highest BCUT2D eigenvalue weighted by Crippen LogP contribution is 2.30. The third kappa shape index (κ3) is 2.81. The maximum absolute atomic E-state index is 12.3. The van der Waals surface area contributed by atoms with Gasteiger partial charge in [-0.25, -0.2) is 9.67 Å². The molecule has 0 atom stereocenters. The maximum Gasteiger partial charge on any atom is 0.227 e. The molecular formula is C15H17IN4O. The lowest BCUT2D eigenvalue weighted by atomic mass is 10.0. The Kier molecular flexibility index (Phi) is 3.97. The van der Waals surface area contributed by atoms with E-state index in [1.165, 1.54) is 9.13 Å². The van der Waals surface area contributed by atoms with Crippen LogP contribution in [0.2, 0.25) is 0 Å². The molecule has 3 rings (SSSR count). The molecule has 1 amide bonds. The summed E-state index contributed by atoms with van der Waals surface area (Å²) in [5, 5.41) is 4.24. The molecule has 0 bridgehead atoms. The largest absolute Gasteiger partial charge is 0.305 e. The van der Waals surface area contributed by atoms with Crippen molar-refractivity contribution in [1.29, 1.82) is 0 Å². The van der Waals surface area contributed by atoms with Crippen LogP contribution < -0.4 is 4.90 Å². The number of aromatic nitrogens is 3. The highest BCUT2D eigenvalue weighted by atomic mass is 127. The van der Waals surface area contributed by atoms with Gasteiger partial charge in [-0.15, -0.1) is 0 Å². The lowest BCUT2D eigenvalue weighted by Crippen LogP contribution is -2.35. The Morgan fingerprint density at radius 1 is 1.33 bits per heavy atom. The van der Waals surface area contributed by atoms with Crippen molar-refractivity contribution in [2.75, 3.05) is 4.90 Å². The Labute approximate surface area is 137 Å². The third-order valence-corrected chi connectivity index (χ3v) is 4.35. The van der Waals surface area contributed by atoms with E-state index in [0.717, 1.165) is 17.9 Å². The molecule has 1 aliphatic heterocycles. The third-order valence-electron chi connectivity index (χ3n) is 3.68. The molecule has 5 nitrogen and oxygen atoms in total. The van der Waals surface area contributed by atoms with E-state index >= 15 is 0 Å². The van der Waals surface area contributed by atoms with Gasteiger partial charge in [0.1, 0.15) is 12.2 Å². The topological polar surface area (TPSA) is 51.0 Å². The quantitative estimate of drug-likeness (QED) is 0.750. The maximum atomic E-state index is 12.3. The fourth-order valence-electron chi connectivity index (χ4n) is 2.66. The van der Waals surface area contributed by atoms with Gasteiger partial charge in [-0.05, 0) is 66.6 Å². The summed E-state index contributed by atoms with van der Waals surface area (Å²) in [6, 6.07) is 6.46. The molecule has 0 radical (unpaired) electrons. The van der Waals surface area contributed by atoms with E-state index < -0.39 is 0 Å². The van der Waals surface area contributed by atoms with Crippen LogP contribution in [-0.2, 0) is 17.8 Å². The fourth-order valence-corrected chi connectivity index (χ4v) is 3.22. The van der Waals surface area contributed by atoms with Crippen molar-refractivity contribution in [3.8, 4) is 0 Å². The molecule has 0 N–H and O–H groups in total. The molecule has 1 aliphatic rings. The van der Waals surface area contributed by atoms with Crippen LogP contribution in [0, 0.1) is 3.57 Å². The second-order valence-electron chi connectivity index (χ2n) is 5.47. The number of hydrogen-bond donors (Lipinski definition) is 0. The first kappa shape index (κ1) is 14.5. The normalized spacial score (nSPS) is 14.7. The van der Waals surface area contributed by atoms with Crippen LogP contribution in [0.4, 0.5) is 5.69 Å². The average Bonchev–Trinajstić information content (AvgIpc) is 2.90. The number of rotatable bonds is 3. The SMILES string of the molecule is CC(C)n1ncnc1CN1C(=O)CCc2cc(I)ccc21. The van der Waals surface area contributed by atoms with Gasteiger partial charge in [-0.2, -0.15) is 5.10 Å². The standard InChI is InChI=1S/C15H17IN4O/c1-10(2)20-14(17-9-18-20)8-19-13-5-4-12(16)7-11(13)3-6-15(19)21/h4-5,7,9-10H,3,6,8H2,1-2H3. The van der Waals surface area contributed by atoms with Crippen LogP contribution in [-0.4, -0.2) is 20.7 Å². The second kappa shape index (κ2) is 5.75. The van der Waals surface area contributed by atoms with E-state index in [1.54, 1.807) is 6.33 Å². The van der Waals surface area contributed by atoms with E-state index in [-0.39, 0.29) is 11.9 Å². The lowest BCUT2D eigenvalue weighted by Gasteiger charge is -2.29. The molecule has 2 heterocycles. The highest BCUT2D eigenvalue weighted by Gasteiger charge is 2.26. The summed E-state index contributed by atoms with van der Waals surface area (Å²) in [6.07, 6.45) is 2.93. The zero-order valence-electron chi connectivity index (χ0n) is 12.1. The molecule has 0 spiro atoms. The van der Waals surface area contributed by atoms with Gasteiger partial charge in [0.05, 0.1) is 6.54 Å². The van der Waals surface area contributed by atoms with Crippen LogP contribution in [0.25, 0.3) is 0 Å². The van der Waals surface area contributed by atoms with E-state index in [4.69, 9.17) is 0 Å². The first-order valence-corrected chi connectivity index (χ1v) is 8.11. The van der Waals surface area contributed by atoms with Crippen molar-refractivity contribution in [2.24, 2.45) is 0 Å². The van der Waals surface area contributed by atoms with Gasteiger partial charge in [0.2, 0.25) is 5.91 Å². The summed E-state index contributed by atoms with van der Waals surface area (Å²) < 4.78 is 3.07. The number of carbonyl (C=O) groups excluding carboxylic acids is 1. The van der Waals surface area contributed by atoms with Gasteiger partial charge >= 0.3 is 0 Å². The number of nitrogens with zero attached hydrogens (tertiary/aromatic N) is 4. The Morgan fingerprint density at radius 2 is 2.14 bits per heavy atom.